The van der Waals surface area contributed by atoms with Crippen LogP contribution in [0.1, 0.15) is 30.5 Å². The zero-order valence-electron chi connectivity index (χ0n) is 12.9. The fourth-order valence-electron chi connectivity index (χ4n) is 1.80. The number of carbonyl (C=O) groups is 1. The Hall–Kier alpha value is -1.93. The van der Waals surface area contributed by atoms with Gasteiger partial charge in [-0.25, -0.2) is 22.9 Å². The molecular formula is C15H19N3O3S2. The van der Waals surface area contributed by atoms with Crippen LogP contribution in [-0.4, -0.2) is 26.0 Å². The van der Waals surface area contributed by atoms with E-state index in [0.29, 0.717) is 18.9 Å². The maximum atomic E-state index is 12.0. The van der Waals surface area contributed by atoms with E-state index >= 15 is 0 Å². The van der Waals surface area contributed by atoms with Gasteiger partial charge >= 0.3 is 6.03 Å². The lowest BCUT2D eigenvalue weighted by Gasteiger charge is -2.08. The molecule has 0 spiro atoms. The second kappa shape index (κ2) is 7.56. The normalized spacial score (nSPS) is 11.4. The second-order valence-electron chi connectivity index (χ2n) is 5.25. The smallest absolute Gasteiger partial charge is 0.328 e. The van der Waals surface area contributed by atoms with Gasteiger partial charge in [0.2, 0.25) is 0 Å². The molecule has 0 aliphatic heterocycles. The minimum atomic E-state index is -3.84. The first-order chi connectivity index (χ1) is 10.9. The monoisotopic (exact) mass is 353 g/mol. The maximum absolute atomic E-state index is 12.0. The Morgan fingerprint density at radius 3 is 2.57 bits per heavy atom. The molecule has 0 saturated carbocycles. The molecule has 23 heavy (non-hydrogen) atoms. The number of carbonyl (C=O) groups excluding carboxylic acids is 1. The van der Waals surface area contributed by atoms with E-state index in [-0.39, 0.29) is 4.90 Å². The van der Waals surface area contributed by atoms with Gasteiger partial charge in [-0.3, -0.25) is 0 Å². The topological polar surface area (TPSA) is 88.2 Å². The summed E-state index contributed by atoms with van der Waals surface area (Å²) in [6.45, 7) is 4.46. The fourth-order valence-corrected chi connectivity index (χ4v) is 3.71. The first-order valence-electron chi connectivity index (χ1n) is 7.18. The predicted octanol–water partition coefficient (Wildman–Crippen LogP) is 2.50. The van der Waals surface area contributed by atoms with Crippen molar-refractivity contribution in [2.45, 2.75) is 31.1 Å². The summed E-state index contributed by atoms with van der Waals surface area (Å²) in [5.41, 5.74) is 1.03. The zero-order valence-corrected chi connectivity index (χ0v) is 14.6. The number of urea groups is 1. The Morgan fingerprint density at radius 1 is 1.26 bits per heavy atom. The lowest BCUT2D eigenvalue weighted by atomic mass is 10.2. The number of hydrogen-bond donors (Lipinski definition) is 2. The highest BCUT2D eigenvalue weighted by Gasteiger charge is 2.16. The van der Waals surface area contributed by atoms with Crippen molar-refractivity contribution in [3.05, 3.63) is 46.4 Å². The largest absolute Gasteiger partial charge is 0.337 e. The third-order valence-electron chi connectivity index (χ3n) is 3.07. The first-order valence-corrected chi connectivity index (χ1v) is 9.55. The highest BCUT2D eigenvalue weighted by atomic mass is 32.2. The van der Waals surface area contributed by atoms with E-state index < -0.39 is 16.1 Å². The molecule has 1 heterocycles. The Balaban J connectivity index is 1.83. The molecule has 0 radical (unpaired) electrons. The van der Waals surface area contributed by atoms with E-state index in [1.54, 1.807) is 18.2 Å². The van der Waals surface area contributed by atoms with Gasteiger partial charge in [0.25, 0.3) is 10.0 Å². The van der Waals surface area contributed by atoms with Crippen molar-refractivity contribution in [3.8, 4) is 0 Å². The molecule has 6 nitrogen and oxygen atoms in total. The number of nitrogens with one attached hydrogen (secondary N) is 2. The summed E-state index contributed by atoms with van der Waals surface area (Å²) < 4.78 is 25.9. The lowest BCUT2D eigenvalue weighted by molar-refractivity contribution is 0.246. The molecule has 0 aliphatic carbocycles. The fraction of sp³-hybridized carbons (Fsp3) is 0.333. The second-order valence-corrected chi connectivity index (χ2v) is 7.87. The van der Waals surface area contributed by atoms with Crippen molar-refractivity contribution < 1.29 is 13.2 Å². The van der Waals surface area contributed by atoms with Crippen LogP contribution in [0, 0.1) is 0 Å². The van der Waals surface area contributed by atoms with Gasteiger partial charge in [-0.2, -0.15) is 0 Å². The molecule has 0 unspecified atom stereocenters. The third-order valence-corrected chi connectivity index (χ3v) is 5.34. The minimum absolute atomic E-state index is 0.0525. The molecule has 0 aliphatic rings. The molecule has 2 N–H and O–H groups in total. The number of hydrogen-bond acceptors (Lipinski definition) is 5. The van der Waals surface area contributed by atoms with Gasteiger partial charge in [-0.15, -0.1) is 11.3 Å². The van der Waals surface area contributed by atoms with Gasteiger partial charge in [-0.1, -0.05) is 32.0 Å². The number of amides is 2. The Kier molecular flexibility index (Phi) is 5.73. The maximum Gasteiger partial charge on any atom is 0.328 e. The van der Waals surface area contributed by atoms with Crippen LogP contribution in [0.5, 0.6) is 0 Å². The van der Waals surface area contributed by atoms with Gasteiger partial charge in [-0.05, 0) is 18.1 Å². The van der Waals surface area contributed by atoms with Crippen molar-refractivity contribution in [1.82, 2.24) is 15.0 Å². The molecular weight excluding hydrogens is 334 g/mol. The highest BCUT2D eigenvalue weighted by molar-refractivity contribution is 7.90. The van der Waals surface area contributed by atoms with Crippen molar-refractivity contribution >= 4 is 27.4 Å². The molecule has 0 atom stereocenters. The standard InChI is InChI=1S/C15H19N3O3S2/c1-11(2)13-10-22-14(17-13)8-9-16-15(19)18-23(20,21)12-6-4-3-5-7-12/h3-7,10-11H,8-9H2,1-2H3,(H2,16,18,19). The van der Waals surface area contributed by atoms with Crippen LogP contribution in [0.15, 0.2) is 40.6 Å². The molecule has 1 aromatic carbocycles. The molecule has 2 aromatic rings. The summed E-state index contributed by atoms with van der Waals surface area (Å²) in [4.78, 5) is 16.2. The Morgan fingerprint density at radius 2 is 1.96 bits per heavy atom. The molecule has 0 saturated heterocycles. The molecule has 2 amide bonds. The lowest BCUT2D eigenvalue weighted by Crippen LogP contribution is -2.40. The van der Waals surface area contributed by atoms with E-state index in [4.69, 9.17) is 0 Å². The van der Waals surface area contributed by atoms with Crippen LogP contribution in [0.2, 0.25) is 0 Å². The summed E-state index contributed by atoms with van der Waals surface area (Å²) in [5, 5.41) is 5.45. The van der Waals surface area contributed by atoms with E-state index in [2.05, 4.69) is 24.1 Å². The summed E-state index contributed by atoms with van der Waals surface area (Å²) in [6, 6.07) is 7.02. The summed E-state index contributed by atoms with van der Waals surface area (Å²) in [6.07, 6.45) is 0.566. The van der Waals surface area contributed by atoms with Crippen molar-refractivity contribution in [2.24, 2.45) is 0 Å². The quantitative estimate of drug-likeness (QED) is 0.835. The van der Waals surface area contributed by atoms with Crippen LogP contribution in [0.25, 0.3) is 0 Å². The van der Waals surface area contributed by atoms with Crippen molar-refractivity contribution in [1.29, 1.82) is 0 Å². The van der Waals surface area contributed by atoms with Crippen LogP contribution in [0.3, 0.4) is 0 Å². The number of benzene rings is 1. The summed E-state index contributed by atoms with van der Waals surface area (Å²) in [7, 11) is -3.84. The predicted molar refractivity (Wildman–Crippen MR) is 90.1 cm³/mol. The Labute approximate surface area is 140 Å². The summed E-state index contributed by atoms with van der Waals surface area (Å²) >= 11 is 1.54. The average Bonchev–Trinajstić information content (AvgIpc) is 2.97. The molecule has 0 bridgehead atoms. The number of sulfonamides is 1. The number of thiazole rings is 1. The van der Waals surface area contributed by atoms with E-state index in [1.165, 1.54) is 23.5 Å². The van der Waals surface area contributed by atoms with Gasteiger partial charge in [0.05, 0.1) is 15.6 Å². The number of nitrogens with zero attached hydrogens (tertiary/aromatic N) is 1. The SMILES string of the molecule is CC(C)c1csc(CCNC(=O)NS(=O)(=O)c2ccccc2)n1. The van der Waals surface area contributed by atoms with Crippen LogP contribution in [-0.2, 0) is 16.4 Å². The third kappa shape index (κ3) is 5.04. The van der Waals surface area contributed by atoms with Gasteiger partial charge in [0, 0.05) is 18.3 Å². The van der Waals surface area contributed by atoms with Crippen molar-refractivity contribution in [3.63, 3.8) is 0 Å². The molecule has 0 fully saturated rings. The van der Waals surface area contributed by atoms with Crippen molar-refractivity contribution in [2.75, 3.05) is 6.54 Å². The van der Waals surface area contributed by atoms with Crippen LogP contribution >= 0.6 is 11.3 Å². The first kappa shape index (κ1) is 17.4. The minimum Gasteiger partial charge on any atom is -0.337 e. The van der Waals surface area contributed by atoms with E-state index in [0.717, 1.165) is 10.7 Å². The van der Waals surface area contributed by atoms with E-state index in [9.17, 15) is 13.2 Å². The average molecular weight is 353 g/mol. The molecule has 8 heteroatoms. The highest BCUT2D eigenvalue weighted by Crippen LogP contribution is 2.17. The van der Waals surface area contributed by atoms with Crippen LogP contribution < -0.4 is 10.0 Å². The van der Waals surface area contributed by atoms with Crippen LogP contribution in [0.4, 0.5) is 4.79 Å². The molecule has 1 aromatic heterocycles. The van der Waals surface area contributed by atoms with Gasteiger partial charge < -0.3 is 5.32 Å². The Bertz CT molecular complexity index is 755. The number of rotatable bonds is 6. The molecule has 124 valence electrons. The zero-order chi connectivity index (χ0) is 16.9. The summed E-state index contributed by atoms with van der Waals surface area (Å²) in [5.74, 6) is 0.368. The van der Waals surface area contributed by atoms with E-state index in [1.807, 2.05) is 10.1 Å². The molecule has 2 rings (SSSR count). The van der Waals surface area contributed by atoms with Gasteiger partial charge in [0.1, 0.15) is 0 Å². The van der Waals surface area contributed by atoms with Gasteiger partial charge in [0.15, 0.2) is 0 Å². The number of aromatic nitrogens is 1.